The van der Waals surface area contributed by atoms with Gasteiger partial charge in [0, 0.05) is 11.5 Å². The Morgan fingerprint density at radius 1 is 1.25 bits per heavy atom. The minimum atomic E-state index is -4.63. The molecular formula is C13H10F3NO3. The summed E-state index contributed by atoms with van der Waals surface area (Å²) in [5.74, 6) is -0.766. The molecule has 0 aliphatic carbocycles. The van der Waals surface area contributed by atoms with Gasteiger partial charge in [-0.2, -0.15) is 13.2 Å². The second-order valence-electron chi connectivity index (χ2n) is 3.90. The van der Waals surface area contributed by atoms with Crippen LogP contribution in [0.4, 0.5) is 13.2 Å². The van der Waals surface area contributed by atoms with Gasteiger partial charge in [0.1, 0.15) is 11.4 Å². The molecule has 2 aromatic rings. The van der Waals surface area contributed by atoms with Crippen LogP contribution in [-0.2, 0) is 10.9 Å². The molecule has 0 saturated carbocycles. The molecule has 0 amide bonds. The Labute approximate surface area is 112 Å². The molecule has 0 atom stereocenters. The molecule has 2 rings (SSSR count). The highest BCUT2D eigenvalue weighted by Crippen LogP contribution is 2.35. The Bertz CT molecular complexity index is 668. The number of fused-ring (bicyclic) bond motifs is 1. The second kappa shape index (κ2) is 4.99. The van der Waals surface area contributed by atoms with Gasteiger partial charge in [-0.05, 0) is 12.1 Å². The lowest BCUT2D eigenvalue weighted by Crippen LogP contribution is -2.10. The van der Waals surface area contributed by atoms with Crippen molar-refractivity contribution in [3.63, 3.8) is 0 Å². The van der Waals surface area contributed by atoms with Crippen molar-refractivity contribution >= 4 is 16.9 Å². The summed E-state index contributed by atoms with van der Waals surface area (Å²) >= 11 is 0. The van der Waals surface area contributed by atoms with Crippen LogP contribution >= 0.6 is 0 Å². The molecule has 1 heterocycles. The molecule has 0 aliphatic heterocycles. The maximum atomic E-state index is 12.8. The van der Waals surface area contributed by atoms with E-state index in [0.717, 1.165) is 13.2 Å². The Morgan fingerprint density at radius 2 is 1.95 bits per heavy atom. The van der Waals surface area contributed by atoms with Crippen molar-refractivity contribution in [2.75, 3.05) is 14.2 Å². The number of carbonyl (C=O) groups is 1. The van der Waals surface area contributed by atoms with E-state index in [1.165, 1.54) is 25.3 Å². The molecule has 0 unspecified atom stereocenters. The van der Waals surface area contributed by atoms with E-state index in [1.807, 2.05) is 0 Å². The molecule has 0 N–H and O–H groups in total. The van der Waals surface area contributed by atoms with Crippen LogP contribution in [0.25, 0.3) is 10.9 Å². The number of hydrogen-bond donors (Lipinski definition) is 0. The Balaban J connectivity index is 2.82. The number of hydrogen-bond acceptors (Lipinski definition) is 4. The minimum Gasteiger partial charge on any atom is -0.496 e. The summed E-state index contributed by atoms with van der Waals surface area (Å²) in [5.41, 5.74) is -1.28. The highest BCUT2D eigenvalue weighted by atomic mass is 19.4. The number of nitrogens with zero attached hydrogens (tertiary/aromatic N) is 1. The van der Waals surface area contributed by atoms with Gasteiger partial charge in [-0.1, -0.05) is 6.07 Å². The zero-order valence-electron chi connectivity index (χ0n) is 10.6. The molecule has 0 saturated heterocycles. The first kappa shape index (κ1) is 14.1. The lowest BCUT2D eigenvalue weighted by Gasteiger charge is -2.12. The summed E-state index contributed by atoms with van der Waals surface area (Å²) in [6.45, 7) is 0. The third kappa shape index (κ3) is 2.38. The largest absolute Gasteiger partial charge is 0.496 e. The number of ether oxygens (including phenoxy) is 2. The molecule has 4 nitrogen and oxygen atoms in total. The maximum Gasteiger partial charge on any atom is 0.433 e. The average molecular weight is 285 g/mol. The predicted molar refractivity (Wildman–Crippen MR) is 64.6 cm³/mol. The van der Waals surface area contributed by atoms with Crippen molar-refractivity contribution < 1.29 is 27.4 Å². The lowest BCUT2D eigenvalue weighted by atomic mass is 10.1. The van der Waals surface area contributed by atoms with E-state index in [-0.39, 0.29) is 16.8 Å². The van der Waals surface area contributed by atoms with Crippen molar-refractivity contribution in [3.8, 4) is 5.75 Å². The van der Waals surface area contributed by atoms with E-state index in [9.17, 15) is 18.0 Å². The van der Waals surface area contributed by atoms with Crippen LogP contribution in [0.2, 0.25) is 0 Å². The van der Waals surface area contributed by atoms with Crippen molar-refractivity contribution in [3.05, 3.63) is 35.5 Å². The first-order valence-corrected chi connectivity index (χ1v) is 5.51. The molecule has 20 heavy (non-hydrogen) atoms. The Hall–Kier alpha value is -2.31. The maximum absolute atomic E-state index is 12.8. The van der Waals surface area contributed by atoms with Crippen LogP contribution in [0.1, 0.15) is 16.1 Å². The topological polar surface area (TPSA) is 48.4 Å². The molecule has 0 fully saturated rings. The predicted octanol–water partition coefficient (Wildman–Crippen LogP) is 3.05. The van der Waals surface area contributed by atoms with E-state index in [4.69, 9.17) is 4.74 Å². The fourth-order valence-electron chi connectivity index (χ4n) is 1.81. The van der Waals surface area contributed by atoms with Crippen LogP contribution in [0.15, 0.2) is 24.3 Å². The molecule has 0 aliphatic rings. The van der Waals surface area contributed by atoms with Crippen LogP contribution < -0.4 is 4.74 Å². The van der Waals surface area contributed by atoms with Crippen LogP contribution in [0, 0.1) is 0 Å². The lowest BCUT2D eigenvalue weighted by molar-refractivity contribution is -0.141. The van der Waals surface area contributed by atoms with Gasteiger partial charge in [0.2, 0.25) is 0 Å². The molecule has 0 radical (unpaired) electrons. The number of benzene rings is 1. The van der Waals surface area contributed by atoms with E-state index in [2.05, 4.69) is 9.72 Å². The van der Waals surface area contributed by atoms with E-state index in [0.29, 0.717) is 5.39 Å². The molecule has 106 valence electrons. The van der Waals surface area contributed by atoms with Crippen molar-refractivity contribution in [1.82, 2.24) is 4.98 Å². The van der Waals surface area contributed by atoms with Gasteiger partial charge in [0.15, 0.2) is 0 Å². The number of para-hydroxylation sites is 1. The number of pyridine rings is 1. The van der Waals surface area contributed by atoms with E-state index >= 15 is 0 Å². The summed E-state index contributed by atoms with van der Waals surface area (Å²) < 4.78 is 47.9. The van der Waals surface area contributed by atoms with E-state index in [1.54, 1.807) is 0 Å². The van der Waals surface area contributed by atoms with Gasteiger partial charge in [0.05, 0.1) is 25.3 Å². The number of methoxy groups -OCH3 is 2. The molecule has 1 aromatic heterocycles. The Kier molecular flexibility index (Phi) is 3.52. The quantitative estimate of drug-likeness (QED) is 0.796. The molecular weight excluding hydrogens is 275 g/mol. The SMILES string of the molecule is COC(=O)c1cccc2c(OC)cc(C(F)(F)F)nc12. The molecule has 0 spiro atoms. The number of carbonyl (C=O) groups excluding carboxylic acids is 1. The first-order chi connectivity index (χ1) is 9.38. The van der Waals surface area contributed by atoms with Gasteiger partial charge in [-0.15, -0.1) is 0 Å². The first-order valence-electron chi connectivity index (χ1n) is 5.51. The normalized spacial score (nSPS) is 11.4. The van der Waals surface area contributed by atoms with Gasteiger partial charge < -0.3 is 9.47 Å². The van der Waals surface area contributed by atoms with Crippen LogP contribution in [-0.4, -0.2) is 25.2 Å². The summed E-state index contributed by atoms with van der Waals surface area (Å²) in [7, 11) is 2.39. The van der Waals surface area contributed by atoms with E-state index < -0.39 is 17.8 Å². The number of aromatic nitrogens is 1. The molecule has 1 aromatic carbocycles. The number of halogens is 3. The van der Waals surface area contributed by atoms with Crippen LogP contribution in [0.3, 0.4) is 0 Å². The van der Waals surface area contributed by atoms with Gasteiger partial charge in [0.25, 0.3) is 0 Å². The average Bonchev–Trinajstić information content (AvgIpc) is 2.43. The van der Waals surface area contributed by atoms with Gasteiger partial charge >= 0.3 is 12.1 Å². The number of rotatable bonds is 2. The standard InChI is InChI=1S/C13H10F3NO3/c1-19-9-6-10(13(14,15)16)17-11-7(9)4-3-5-8(11)12(18)20-2/h3-6H,1-2H3. The zero-order chi connectivity index (χ0) is 14.9. The summed E-state index contributed by atoms with van der Waals surface area (Å²) in [4.78, 5) is 15.1. The third-order valence-electron chi connectivity index (χ3n) is 2.72. The summed E-state index contributed by atoms with van der Waals surface area (Å²) in [5, 5.41) is 0.309. The van der Waals surface area contributed by atoms with Gasteiger partial charge in [-0.3, -0.25) is 0 Å². The summed E-state index contributed by atoms with van der Waals surface area (Å²) in [6, 6.07) is 5.18. The van der Waals surface area contributed by atoms with Gasteiger partial charge in [-0.25, -0.2) is 9.78 Å². The fraction of sp³-hybridized carbons (Fsp3) is 0.231. The van der Waals surface area contributed by atoms with Crippen molar-refractivity contribution in [2.45, 2.75) is 6.18 Å². The number of esters is 1. The third-order valence-corrected chi connectivity index (χ3v) is 2.72. The van der Waals surface area contributed by atoms with Crippen molar-refractivity contribution in [1.29, 1.82) is 0 Å². The fourth-order valence-corrected chi connectivity index (χ4v) is 1.81. The van der Waals surface area contributed by atoms with Crippen molar-refractivity contribution in [2.24, 2.45) is 0 Å². The minimum absolute atomic E-state index is 0.00641. The molecule has 7 heteroatoms. The smallest absolute Gasteiger partial charge is 0.433 e. The number of alkyl halides is 3. The monoisotopic (exact) mass is 285 g/mol. The van der Waals surface area contributed by atoms with Crippen LogP contribution in [0.5, 0.6) is 5.75 Å². The summed E-state index contributed by atoms with van der Waals surface area (Å²) in [6.07, 6.45) is -4.63. The zero-order valence-corrected chi connectivity index (χ0v) is 10.6. The Morgan fingerprint density at radius 3 is 2.50 bits per heavy atom. The molecule has 0 bridgehead atoms. The second-order valence-corrected chi connectivity index (χ2v) is 3.90. The highest BCUT2D eigenvalue weighted by Gasteiger charge is 2.34. The highest BCUT2D eigenvalue weighted by molar-refractivity contribution is 6.04.